The van der Waals surface area contributed by atoms with Gasteiger partial charge in [0, 0.05) is 0 Å². The molecule has 132 valence electrons. The number of allylic oxidation sites excluding steroid dienone is 1. The topological polar surface area (TPSA) is 18.5 Å². The molecule has 0 aliphatic rings. The molecule has 0 saturated carbocycles. The summed E-state index contributed by atoms with van der Waals surface area (Å²) in [7, 11) is 0. The van der Waals surface area contributed by atoms with Gasteiger partial charge in [0.2, 0.25) is 0 Å². The van der Waals surface area contributed by atoms with E-state index in [-0.39, 0.29) is 5.41 Å². The largest absolute Gasteiger partial charge is 0.411 e. The van der Waals surface area contributed by atoms with Gasteiger partial charge >= 0.3 is 12.4 Å². The second-order valence-corrected chi connectivity index (χ2v) is 6.10. The van der Waals surface area contributed by atoms with Gasteiger partial charge in [-0.1, -0.05) is 26.8 Å². The van der Waals surface area contributed by atoms with Crippen LogP contribution in [0.2, 0.25) is 0 Å². The second-order valence-electron chi connectivity index (χ2n) is 6.10. The summed E-state index contributed by atoms with van der Waals surface area (Å²) < 4.78 is 80.9. The van der Waals surface area contributed by atoms with Crippen LogP contribution in [0.15, 0.2) is 12.2 Å². The molecule has 0 spiro atoms. The Morgan fingerprint density at radius 1 is 0.864 bits per heavy atom. The van der Waals surface area contributed by atoms with Gasteiger partial charge in [0.1, 0.15) is 13.2 Å². The van der Waals surface area contributed by atoms with Gasteiger partial charge in [-0.05, 0) is 30.8 Å². The molecule has 0 bridgehead atoms. The minimum atomic E-state index is -4.63. The van der Waals surface area contributed by atoms with Crippen LogP contribution in [0.1, 0.15) is 40.0 Å². The third-order valence-electron chi connectivity index (χ3n) is 2.41. The number of hydrogen-bond acceptors (Lipinski definition) is 2. The van der Waals surface area contributed by atoms with Crippen LogP contribution in [0.25, 0.3) is 0 Å². The summed E-state index contributed by atoms with van der Waals surface area (Å²) in [5.74, 6) is 0. The zero-order valence-electron chi connectivity index (χ0n) is 12.9. The lowest BCUT2D eigenvalue weighted by Crippen LogP contribution is -2.28. The van der Waals surface area contributed by atoms with E-state index >= 15 is 0 Å². The quantitative estimate of drug-likeness (QED) is 0.261. The van der Waals surface area contributed by atoms with Crippen molar-refractivity contribution in [3.8, 4) is 0 Å². The average Bonchev–Trinajstić information content (AvgIpc) is 2.27. The highest BCUT2D eigenvalue weighted by molar-refractivity contribution is 4.86. The van der Waals surface area contributed by atoms with E-state index < -0.39 is 31.9 Å². The Morgan fingerprint density at radius 3 is 1.68 bits per heavy atom. The summed E-state index contributed by atoms with van der Waals surface area (Å²) in [6, 6.07) is 0. The highest BCUT2D eigenvalue weighted by atomic mass is 19.4. The monoisotopic (exact) mass is 336 g/mol. The first-order valence-electron chi connectivity index (χ1n) is 6.82. The fraction of sp³-hybridized carbons (Fsp3) is 0.857. The van der Waals surface area contributed by atoms with Crippen molar-refractivity contribution in [1.29, 1.82) is 0 Å². The van der Waals surface area contributed by atoms with E-state index in [0.29, 0.717) is 6.42 Å². The molecule has 22 heavy (non-hydrogen) atoms. The number of hydrogen-bond donors (Lipinski definition) is 0. The Hall–Kier alpha value is -0.760. The smallest absolute Gasteiger partial charge is 0.340 e. The van der Waals surface area contributed by atoms with Crippen LogP contribution >= 0.6 is 0 Å². The van der Waals surface area contributed by atoms with Gasteiger partial charge in [0.15, 0.2) is 6.29 Å². The first-order valence-corrected chi connectivity index (χ1v) is 6.82. The summed E-state index contributed by atoms with van der Waals surface area (Å²) in [5, 5.41) is 0. The lowest BCUT2D eigenvalue weighted by atomic mass is 9.90. The van der Waals surface area contributed by atoms with Gasteiger partial charge in [-0.2, -0.15) is 26.3 Å². The Bertz CT molecular complexity index is 310. The molecular formula is C14H22F6O2. The molecule has 0 atom stereocenters. The molecule has 0 unspecified atom stereocenters. The maximum Gasteiger partial charge on any atom is 0.411 e. The van der Waals surface area contributed by atoms with E-state index in [9.17, 15) is 26.3 Å². The first kappa shape index (κ1) is 21.2. The highest BCUT2D eigenvalue weighted by Gasteiger charge is 2.32. The molecule has 0 radical (unpaired) electrons. The van der Waals surface area contributed by atoms with Gasteiger partial charge in [-0.15, -0.1) is 0 Å². The summed E-state index contributed by atoms with van der Waals surface area (Å²) >= 11 is 0. The van der Waals surface area contributed by atoms with Crippen LogP contribution in [0, 0.1) is 5.41 Å². The Balaban J connectivity index is 4.32. The molecule has 0 heterocycles. The zero-order valence-corrected chi connectivity index (χ0v) is 12.9. The Kier molecular flexibility index (Phi) is 8.46. The third kappa shape index (κ3) is 15.6. The molecule has 0 aliphatic carbocycles. The minimum Gasteiger partial charge on any atom is -0.340 e. The molecule has 8 heteroatoms. The molecule has 0 amide bonds. The van der Waals surface area contributed by atoms with Crippen LogP contribution < -0.4 is 0 Å². The molecule has 0 aromatic heterocycles. The number of unbranched alkanes of at least 4 members (excludes halogenated alkanes) is 1. The minimum absolute atomic E-state index is 0.118. The fourth-order valence-corrected chi connectivity index (χ4v) is 1.47. The first-order chi connectivity index (χ1) is 9.79. The van der Waals surface area contributed by atoms with E-state index in [1.165, 1.54) is 6.08 Å². The van der Waals surface area contributed by atoms with Crippen LogP contribution in [0.4, 0.5) is 26.3 Å². The molecule has 0 aromatic carbocycles. The van der Waals surface area contributed by atoms with Gasteiger partial charge in [-0.25, -0.2) is 0 Å². The summed E-state index contributed by atoms with van der Waals surface area (Å²) in [4.78, 5) is 0. The Morgan fingerprint density at radius 2 is 1.32 bits per heavy atom. The van der Waals surface area contributed by atoms with E-state index in [0.717, 1.165) is 18.9 Å². The van der Waals surface area contributed by atoms with Crippen molar-refractivity contribution in [1.82, 2.24) is 0 Å². The van der Waals surface area contributed by atoms with E-state index in [2.05, 4.69) is 9.47 Å². The van der Waals surface area contributed by atoms with Gasteiger partial charge < -0.3 is 9.47 Å². The lowest BCUT2D eigenvalue weighted by Gasteiger charge is -2.18. The Labute approximate surface area is 126 Å². The van der Waals surface area contributed by atoms with Crippen molar-refractivity contribution in [3.63, 3.8) is 0 Å². The summed E-state index contributed by atoms with van der Waals surface area (Å²) in [6.45, 7) is 2.79. The predicted molar refractivity (Wildman–Crippen MR) is 70.2 cm³/mol. The third-order valence-corrected chi connectivity index (χ3v) is 2.41. The van der Waals surface area contributed by atoms with E-state index in [1.54, 1.807) is 0 Å². The van der Waals surface area contributed by atoms with Crippen molar-refractivity contribution >= 4 is 0 Å². The standard InChI is InChI=1S/C14H22F6O2/c1-12(2,3)8-6-4-5-7-11(21-9-13(15,16)17)22-10-14(18,19)20/h5,7,11H,4,6,8-10H2,1-3H3/b7-5+. The molecule has 0 rings (SSSR count). The fourth-order valence-electron chi connectivity index (χ4n) is 1.47. The molecule has 0 fully saturated rings. The molecular weight excluding hydrogens is 314 g/mol. The summed E-state index contributed by atoms with van der Waals surface area (Å²) in [5.41, 5.74) is 0.118. The van der Waals surface area contributed by atoms with Crippen molar-refractivity contribution < 1.29 is 35.8 Å². The van der Waals surface area contributed by atoms with Crippen LogP contribution in [-0.2, 0) is 9.47 Å². The summed E-state index contributed by atoms with van der Waals surface area (Å²) in [6.07, 6.45) is -6.18. The molecule has 0 saturated heterocycles. The van der Waals surface area contributed by atoms with Gasteiger partial charge in [-0.3, -0.25) is 0 Å². The van der Waals surface area contributed by atoms with E-state index in [4.69, 9.17) is 0 Å². The molecule has 0 aromatic rings. The maximum atomic E-state index is 12.0. The van der Waals surface area contributed by atoms with Crippen LogP contribution in [0.5, 0.6) is 0 Å². The molecule has 0 N–H and O–H groups in total. The number of alkyl halides is 6. The second kappa shape index (κ2) is 8.76. The number of halogens is 6. The highest BCUT2D eigenvalue weighted by Crippen LogP contribution is 2.22. The normalized spacial score (nSPS) is 14.3. The van der Waals surface area contributed by atoms with Crippen molar-refractivity contribution in [3.05, 3.63) is 12.2 Å². The van der Waals surface area contributed by atoms with E-state index in [1.807, 2.05) is 20.8 Å². The van der Waals surface area contributed by atoms with Gasteiger partial charge in [0.05, 0.1) is 0 Å². The number of ether oxygens (including phenoxy) is 2. The zero-order chi connectivity index (χ0) is 17.4. The van der Waals surface area contributed by atoms with Crippen molar-refractivity contribution in [2.45, 2.75) is 58.7 Å². The lowest BCUT2D eigenvalue weighted by molar-refractivity contribution is -0.246. The maximum absolute atomic E-state index is 12.0. The van der Waals surface area contributed by atoms with Gasteiger partial charge in [0.25, 0.3) is 0 Å². The SMILES string of the molecule is CC(C)(C)CCC/C=C/C(OCC(F)(F)F)OCC(F)(F)F. The van der Waals surface area contributed by atoms with Crippen molar-refractivity contribution in [2.75, 3.05) is 13.2 Å². The average molecular weight is 336 g/mol. The molecule has 2 nitrogen and oxygen atoms in total. The molecule has 0 aliphatic heterocycles. The van der Waals surface area contributed by atoms with Crippen LogP contribution in [-0.4, -0.2) is 31.9 Å². The van der Waals surface area contributed by atoms with Crippen molar-refractivity contribution in [2.24, 2.45) is 5.41 Å². The number of rotatable bonds is 8. The van der Waals surface area contributed by atoms with Crippen LogP contribution in [0.3, 0.4) is 0 Å². The predicted octanol–water partition coefficient (Wildman–Crippen LogP) is 5.24.